The third-order valence-electron chi connectivity index (χ3n) is 0.865. The van der Waals surface area contributed by atoms with E-state index in [0.29, 0.717) is 0 Å². The highest BCUT2D eigenvalue weighted by molar-refractivity contribution is 7.80. The van der Waals surface area contributed by atoms with E-state index in [2.05, 4.69) is 18.4 Å². The normalized spacial score (nSPS) is 17.4. The van der Waals surface area contributed by atoms with E-state index in [1.165, 1.54) is 6.92 Å². The molecule has 48 valence electrons. The monoisotopic (exact) mass is 136 g/mol. The van der Waals surface area contributed by atoms with Crippen molar-refractivity contribution in [2.24, 2.45) is 0 Å². The van der Waals surface area contributed by atoms with Gasteiger partial charge >= 0.3 is 5.97 Å². The van der Waals surface area contributed by atoms with E-state index < -0.39 is 11.5 Å². The SMILES string of the molecule is CC([NH3+])(CS)C(=O)O. The number of thiol groups is 1. The molecule has 1 unspecified atom stereocenters. The summed E-state index contributed by atoms with van der Waals surface area (Å²) in [6, 6.07) is 0. The zero-order valence-corrected chi connectivity index (χ0v) is 5.61. The van der Waals surface area contributed by atoms with Crippen LogP contribution in [-0.2, 0) is 4.79 Å². The van der Waals surface area contributed by atoms with Crippen LogP contribution in [0.2, 0.25) is 0 Å². The summed E-state index contributed by atoms with van der Waals surface area (Å²) in [7, 11) is 0. The Kier molecular flexibility index (Phi) is 2.30. The molecule has 8 heavy (non-hydrogen) atoms. The summed E-state index contributed by atoms with van der Waals surface area (Å²) in [5.74, 6) is -0.644. The first-order chi connectivity index (χ1) is 3.50. The number of quaternary nitrogens is 1. The minimum Gasteiger partial charge on any atom is -0.477 e. The molecule has 0 aromatic carbocycles. The van der Waals surface area contributed by atoms with Crippen molar-refractivity contribution in [3.05, 3.63) is 0 Å². The van der Waals surface area contributed by atoms with Crippen LogP contribution < -0.4 is 5.73 Å². The standard InChI is InChI=1S/C4H9NO2S/c1-4(5,2-8)3(6)7/h8H,2,5H2,1H3,(H,6,7)/p+1. The van der Waals surface area contributed by atoms with Crippen LogP contribution in [0.5, 0.6) is 0 Å². The second-order valence-corrected chi connectivity index (χ2v) is 2.34. The number of carboxylic acid groups (broad SMARTS) is 1. The summed E-state index contributed by atoms with van der Waals surface area (Å²) in [4.78, 5) is 10.1. The van der Waals surface area contributed by atoms with Crippen molar-refractivity contribution in [2.45, 2.75) is 12.5 Å². The van der Waals surface area contributed by atoms with Gasteiger partial charge in [-0.05, 0) is 0 Å². The number of carboxylic acids is 1. The van der Waals surface area contributed by atoms with Gasteiger partial charge in [-0.3, -0.25) is 0 Å². The van der Waals surface area contributed by atoms with Crippen LogP contribution in [0.15, 0.2) is 0 Å². The fraction of sp³-hybridized carbons (Fsp3) is 0.750. The van der Waals surface area contributed by atoms with E-state index >= 15 is 0 Å². The highest BCUT2D eigenvalue weighted by atomic mass is 32.1. The summed E-state index contributed by atoms with van der Waals surface area (Å²) < 4.78 is 0. The summed E-state index contributed by atoms with van der Waals surface area (Å²) in [5.41, 5.74) is 2.48. The predicted octanol–water partition coefficient (Wildman–Crippen LogP) is -0.999. The van der Waals surface area contributed by atoms with Crippen molar-refractivity contribution in [3.8, 4) is 0 Å². The Hall–Kier alpha value is -0.220. The molecule has 0 spiro atoms. The lowest BCUT2D eigenvalue weighted by Crippen LogP contribution is -2.76. The second kappa shape index (κ2) is 2.37. The van der Waals surface area contributed by atoms with Crippen LogP contribution in [-0.4, -0.2) is 22.4 Å². The molecule has 0 aliphatic rings. The van der Waals surface area contributed by atoms with Crippen molar-refractivity contribution >= 4 is 18.6 Å². The van der Waals surface area contributed by atoms with Gasteiger partial charge in [0.05, 0.1) is 5.75 Å². The largest absolute Gasteiger partial charge is 0.477 e. The molecule has 0 saturated heterocycles. The Bertz CT molecular complexity index is 102. The number of hydrogen-bond acceptors (Lipinski definition) is 2. The van der Waals surface area contributed by atoms with Gasteiger partial charge < -0.3 is 10.8 Å². The average molecular weight is 136 g/mol. The zero-order valence-electron chi connectivity index (χ0n) is 4.72. The van der Waals surface area contributed by atoms with Crippen LogP contribution in [0.4, 0.5) is 0 Å². The first-order valence-electron chi connectivity index (χ1n) is 2.20. The number of rotatable bonds is 2. The minimum atomic E-state index is -0.927. The highest BCUT2D eigenvalue weighted by Gasteiger charge is 2.29. The van der Waals surface area contributed by atoms with Gasteiger partial charge in [0.15, 0.2) is 5.54 Å². The molecule has 0 rings (SSSR count). The first-order valence-corrected chi connectivity index (χ1v) is 2.83. The molecule has 0 radical (unpaired) electrons. The quantitative estimate of drug-likeness (QED) is 0.426. The number of aliphatic carboxylic acids is 1. The summed E-state index contributed by atoms with van der Waals surface area (Å²) in [5, 5.41) is 8.33. The van der Waals surface area contributed by atoms with Crippen molar-refractivity contribution in [1.29, 1.82) is 0 Å². The molecule has 0 saturated carbocycles. The van der Waals surface area contributed by atoms with Crippen molar-refractivity contribution in [2.75, 3.05) is 5.75 Å². The Morgan fingerprint density at radius 2 is 2.38 bits per heavy atom. The van der Waals surface area contributed by atoms with Gasteiger partial charge in [0.1, 0.15) is 0 Å². The second-order valence-electron chi connectivity index (χ2n) is 2.02. The molecule has 0 fully saturated rings. The van der Waals surface area contributed by atoms with Crippen molar-refractivity contribution in [1.82, 2.24) is 0 Å². The molecule has 0 aromatic rings. The zero-order chi connectivity index (χ0) is 6.78. The lowest BCUT2D eigenvalue weighted by molar-refractivity contribution is -0.447. The lowest BCUT2D eigenvalue weighted by atomic mass is 10.1. The van der Waals surface area contributed by atoms with Crippen LogP contribution in [0.1, 0.15) is 6.92 Å². The minimum absolute atomic E-state index is 0.266. The molecule has 0 heterocycles. The van der Waals surface area contributed by atoms with Gasteiger partial charge in [-0.2, -0.15) is 12.6 Å². The molecule has 0 amide bonds. The van der Waals surface area contributed by atoms with Gasteiger partial charge in [0.2, 0.25) is 0 Å². The number of hydrogen-bond donors (Lipinski definition) is 3. The Balaban J connectivity index is 3.91. The Morgan fingerprint density at radius 3 is 2.38 bits per heavy atom. The molecule has 0 aliphatic heterocycles. The molecule has 1 atom stereocenters. The van der Waals surface area contributed by atoms with Crippen LogP contribution in [0, 0.1) is 0 Å². The molecular weight excluding hydrogens is 126 g/mol. The third-order valence-corrected chi connectivity index (χ3v) is 1.56. The van der Waals surface area contributed by atoms with E-state index in [9.17, 15) is 4.79 Å². The van der Waals surface area contributed by atoms with Gasteiger partial charge in [-0.1, -0.05) is 0 Å². The summed E-state index contributed by atoms with van der Waals surface area (Å²) in [6.07, 6.45) is 0. The predicted molar refractivity (Wildman–Crippen MR) is 32.8 cm³/mol. The van der Waals surface area contributed by atoms with E-state index in [0.717, 1.165) is 0 Å². The van der Waals surface area contributed by atoms with Crippen molar-refractivity contribution in [3.63, 3.8) is 0 Å². The van der Waals surface area contributed by atoms with Crippen molar-refractivity contribution < 1.29 is 15.6 Å². The van der Waals surface area contributed by atoms with E-state index in [-0.39, 0.29) is 5.75 Å². The van der Waals surface area contributed by atoms with E-state index in [1.54, 1.807) is 0 Å². The maximum atomic E-state index is 10.1. The Labute approximate surface area is 53.3 Å². The third kappa shape index (κ3) is 1.71. The number of carbonyl (C=O) groups is 1. The molecule has 4 heteroatoms. The van der Waals surface area contributed by atoms with Crippen LogP contribution in [0.25, 0.3) is 0 Å². The van der Waals surface area contributed by atoms with Gasteiger partial charge in [-0.25, -0.2) is 4.79 Å². The maximum Gasteiger partial charge on any atom is 0.366 e. The smallest absolute Gasteiger partial charge is 0.366 e. The highest BCUT2D eigenvalue weighted by Crippen LogP contribution is 1.96. The molecule has 4 N–H and O–H groups in total. The fourth-order valence-electron chi connectivity index (χ4n) is 0.0676. The van der Waals surface area contributed by atoms with Crippen LogP contribution >= 0.6 is 12.6 Å². The van der Waals surface area contributed by atoms with Gasteiger partial charge in [0, 0.05) is 6.92 Å². The molecule has 0 bridgehead atoms. The van der Waals surface area contributed by atoms with Gasteiger partial charge in [-0.15, -0.1) is 0 Å². The molecular formula is C4H10NO2S+. The fourth-order valence-corrected chi connectivity index (χ4v) is 0.203. The van der Waals surface area contributed by atoms with Crippen LogP contribution in [0.3, 0.4) is 0 Å². The topological polar surface area (TPSA) is 64.9 Å². The Morgan fingerprint density at radius 1 is 2.00 bits per heavy atom. The molecule has 0 aromatic heterocycles. The lowest BCUT2D eigenvalue weighted by Gasteiger charge is -2.10. The maximum absolute atomic E-state index is 10.1. The van der Waals surface area contributed by atoms with Gasteiger partial charge in [0.25, 0.3) is 0 Å². The average Bonchev–Trinajstić information content (AvgIpc) is 1.67. The van der Waals surface area contributed by atoms with E-state index in [4.69, 9.17) is 5.11 Å². The molecule has 0 aliphatic carbocycles. The van der Waals surface area contributed by atoms with E-state index in [1.807, 2.05) is 0 Å². The molecule has 3 nitrogen and oxygen atoms in total. The summed E-state index contributed by atoms with van der Waals surface area (Å²) in [6.45, 7) is 1.53. The first kappa shape index (κ1) is 7.78. The summed E-state index contributed by atoms with van der Waals surface area (Å²) >= 11 is 3.80.